The van der Waals surface area contributed by atoms with Crippen molar-refractivity contribution in [3.8, 4) is 0 Å². The van der Waals surface area contributed by atoms with E-state index in [0.717, 1.165) is 12.0 Å². The minimum absolute atomic E-state index is 0.183. The molecule has 3 heteroatoms. The van der Waals surface area contributed by atoms with Gasteiger partial charge in [0, 0.05) is 12.0 Å². The molecule has 3 nitrogen and oxygen atoms in total. The number of imide groups is 1. The molecule has 0 unspecified atom stereocenters. The molecule has 0 radical (unpaired) electrons. The predicted octanol–water partition coefficient (Wildman–Crippen LogP) is 0.289. The maximum atomic E-state index is 11.0. The number of allylic oxidation sites excluding steroid dienone is 1. The van der Waals surface area contributed by atoms with Gasteiger partial charge in [-0.3, -0.25) is 14.9 Å². The molecule has 0 atom stereocenters. The standard InChI is InChI=1S/C8H7NO2/c10-7-4-5-2-1-3-6(5)8(11)9-7/h1,3H,2,4H2,(H,9,10,11). The largest absolute Gasteiger partial charge is 0.292 e. The van der Waals surface area contributed by atoms with Crippen LogP contribution in [0.3, 0.4) is 0 Å². The molecule has 2 aliphatic rings. The van der Waals surface area contributed by atoms with E-state index in [-0.39, 0.29) is 11.8 Å². The number of carbonyl (C=O) groups is 2. The fraction of sp³-hybridized carbons (Fsp3) is 0.250. The molecule has 2 rings (SSSR count). The number of nitrogens with one attached hydrogen (secondary N) is 1. The first kappa shape index (κ1) is 6.34. The van der Waals surface area contributed by atoms with Crippen molar-refractivity contribution in [1.29, 1.82) is 0 Å². The maximum Gasteiger partial charge on any atom is 0.257 e. The van der Waals surface area contributed by atoms with Crippen molar-refractivity contribution >= 4 is 11.8 Å². The molecule has 2 amide bonds. The Morgan fingerprint density at radius 3 is 3.00 bits per heavy atom. The summed E-state index contributed by atoms with van der Waals surface area (Å²) in [5, 5.41) is 2.26. The Kier molecular flexibility index (Phi) is 1.18. The summed E-state index contributed by atoms with van der Waals surface area (Å²) in [7, 11) is 0. The van der Waals surface area contributed by atoms with E-state index < -0.39 is 0 Å². The van der Waals surface area contributed by atoms with E-state index in [0.29, 0.717) is 12.0 Å². The molecule has 1 heterocycles. The molecule has 0 saturated carbocycles. The van der Waals surface area contributed by atoms with Crippen LogP contribution >= 0.6 is 0 Å². The number of rotatable bonds is 0. The summed E-state index contributed by atoms with van der Waals surface area (Å²) in [4.78, 5) is 21.9. The number of hydrogen-bond acceptors (Lipinski definition) is 2. The van der Waals surface area contributed by atoms with Crippen LogP contribution in [-0.4, -0.2) is 11.8 Å². The van der Waals surface area contributed by atoms with Crippen molar-refractivity contribution in [2.24, 2.45) is 0 Å². The zero-order chi connectivity index (χ0) is 7.84. The van der Waals surface area contributed by atoms with E-state index in [1.54, 1.807) is 6.08 Å². The summed E-state index contributed by atoms with van der Waals surface area (Å²) >= 11 is 0. The molecule has 11 heavy (non-hydrogen) atoms. The lowest BCUT2D eigenvalue weighted by molar-refractivity contribution is -0.128. The molecule has 0 aromatic heterocycles. The Labute approximate surface area is 63.8 Å². The zero-order valence-corrected chi connectivity index (χ0v) is 5.89. The second-order valence-electron chi connectivity index (χ2n) is 2.68. The number of carbonyl (C=O) groups excluding carboxylic acids is 2. The van der Waals surface area contributed by atoms with Crippen LogP contribution in [0.25, 0.3) is 0 Å². The predicted molar refractivity (Wildman–Crippen MR) is 38.5 cm³/mol. The molecule has 56 valence electrons. The first-order chi connectivity index (χ1) is 5.27. The number of hydrogen-bond donors (Lipinski definition) is 1. The quantitative estimate of drug-likeness (QED) is 0.503. The average Bonchev–Trinajstić information content (AvgIpc) is 2.34. The topological polar surface area (TPSA) is 46.2 Å². The first-order valence-electron chi connectivity index (χ1n) is 3.50. The molecule has 0 aromatic rings. The van der Waals surface area contributed by atoms with Gasteiger partial charge in [-0.25, -0.2) is 0 Å². The molecule has 0 spiro atoms. The minimum Gasteiger partial charge on any atom is -0.292 e. The summed E-state index contributed by atoms with van der Waals surface area (Å²) in [6.45, 7) is 0. The van der Waals surface area contributed by atoms with Crippen molar-refractivity contribution in [2.45, 2.75) is 12.8 Å². The van der Waals surface area contributed by atoms with Gasteiger partial charge in [-0.05, 0) is 12.0 Å². The van der Waals surface area contributed by atoms with Gasteiger partial charge in [-0.15, -0.1) is 0 Å². The van der Waals surface area contributed by atoms with Crippen molar-refractivity contribution in [2.75, 3.05) is 0 Å². The Bertz CT molecular complexity index is 299. The molecular formula is C8H7NO2. The molecule has 0 saturated heterocycles. The third-order valence-corrected chi connectivity index (χ3v) is 1.90. The van der Waals surface area contributed by atoms with Gasteiger partial charge in [0.2, 0.25) is 5.91 Å². The van der Waals surface area contributed by atoms with Gasteiger partial charge in [-0.1, -0.05) is 12.2 Å². The monoisotopic (exact) mass is 149 g/mol. The summed E-state index contributed by atoms with van der Waals surface area (Å²) < 4.78 is 0. The highest BCUT2D eigenvalue weighted by Crippen LogP contribution is 2.24. The second-order valence-corrected chi connectivity index (χ2v) is 2.68. The van der Waals surface area contributed by atoms with Gasteiger partial charge in [-0.2, -0.15) is 0 Å². The Morgan fingerprint density at radius 1 is 1.36 bits per heavy atom. The average molecular weight is 149 g/mol. The molecule has 1 N–H and O–H groups in total. The molecule has 0 fully saturated rings. The maximum absolute atomic E-state index is 11.0. The Balaban J connectivity index is 2.40. The fourth-order valence-corrected chi connectivity index (χ4v) is 1.38. The first-order valence-corrected chi connectivity index (χ1v) is 3.50. The van der Waals surface area contributed by atoms with Crippen LogP contribution in [0.2, 0.25) is 0 Å². The van der Waals surface area contributed by atoms with Gasteiger partial charge >= 0.3 is 0 Å². The molecule has 0 bridgehead atoms. The third-order valence-electron chi connectivity index (χ3n) is 1.90. The minimum atomic E-state index is -0.245. The van der Waals surface area contributed by atoms with Crippen LogP contribution < -0.4 is 5.32 Å². The number of amides is 2. The van der Waals surface area contributed by atoms with E-state index in [1.165, 1.54) is 0 Å². The fourth-order valence-electron chi connectivity index (χ4n) is 1.38. The van der Waals surface area contributed by atoms with Gasteiger partial charge in [0.1, 0.15) is 0 Å². The van der Waals surface area contributed by atoms with Crippen molar-refractivity contribution in [3.63, 3.8) is 0 Å². The zero-order valence-electron chi connectivity index (χ0n) is 5.89. The highest BCUT2D eigenvalue weighted by molar-refractivity contribution is 6.10. The normalized spacial score (nSPS) is 22.2. The van der Waals surface area contributed by atoms with Crippen LogP contribution in [0.5, 0.6) is 0 Å². The van der Waals surface area contributed by atoms with Crippen LogP contribution in [0.15, 0.2) is 23.3 Å². The SMILES string of the molecule is O=C1CC2=C(C=CC2)C(=O)N1. The van der Waals surface area contributed by atoms with E-state index >= 15 is 0 Å². The smallest absolute Gasteiger partial charge is 0.257 e. The van der Waals surface area contributed by atoms with Gasteiger partial charge < -0.3 is 0 Å². The second kappa shape index (κ2) is 2.05. The van der Waals surface area contributed by atoms with Gasteiger partial charge in [0.05, 0.1) is 0 Å². The van der Waals surface area contributed by atoms with Crippen LogP contribution in [0.4, 0.5) is 0 Å². The summed E-state index contributed by atoms with van der Waals surface area (Å²) in [6.07, 6.45) is 4.82. The summed E-state index contributed by atoms with van der Waals surface area (Å²) in [5.41, 5.74) is 1.64. The lowest BCUT2D eigenvalue weighted by Crippen LogP contribution is -2.35. The van der Waals surface area contributed by atoms with Crippen LogP contribution in [0.1, 0.15) is 12.8 Å². The summed E-state index contributed by atoms with van der Waals surface area (Å²) in [6, 6.07) is 0. The van der Waals surface area contributed by atoms with Crippen LogP contribution in [0, 0.1) is 0 Å². The molecular weight excluding hydrogens is 142 g/mol. The lowest BCUT2D eigenvalue weighted by Gasteiger charge is -2.12. The van der Waals surface area contributed by atoms with Crippen molar-refractivity contribution in [1.82, 2.24) is 5.32 Å². The van der Waals surface area contributed by atoms with E-state index in [4.69, 9.17) is 0 Å². The highest BCUT2D eigenvalue weighted by Gasteiger charge is 2.24. The Hall–Kier alpha value is -1.38. The Morgan fingerprint density at radius 2 is 2.18 bits per heavy atom. The van der Waals surface area contributed by atoms with E-state index in [1.807, 2.05) is 6.08 Å². The molecule has 0 aromatic carbocycles. The van der Waals surface area contributed by atoms with Crippen molar-refractivity contribution in [3.05, 3.63) is 23.3 Å². The lowest BCUT2D eigenvalue weighted by atomic mass is 10.0. The van der Waals surface area contributed by atoms with Crippen molar-refractivity contribution < 1.29 is 9.59 Å². The van der Waals surface area contributed by atoms with E-state index in [2.05, 4.69) is 5.32 Å². The third kappa shape index (κ3) is 0.888. The van der Waals surface area contributed by atoms with Gasteiger partial charge in [0.15, 0.2) is 0 Å². The molecule has 1 aliphatic heterocycles. The van der Waals surface area contributed by atoms with Crippen LogP contribution in [-0.2, 0) is 9.59 Å². The highest BCUT2D eigenvalue weighted by atomic mass is 16.2. The van der Waals surface area contributed by atoms with E-state index in [9.17, 15) is 9.59 Å². The molecule has 1 aliphatic carbocycles. The summed E-state index contributed by atoms with van der Waals surface area (Å²) in [5.74, 6) is -0.428. The van der Waals surface area contributed by atoms with Gasteiger partial charge in [0.25, 0.3) is 5.91 Å².